The van der Waals surface area contributed by atoms with Crippen LogP contribution in [0.5, 0.6) is 0 Å². The summed E-state index contributed by atoms with van der Waals surface area (Å²) in [5.74, 6) is 0.493. The second-order valence-corrected chi connectivity index (χ2v) is 2.72. The van der Waals surface area contributed by atoms with Gasteiger partial charge in [-0.1, -0.05) is 6.92 Å². The highest BCUT2D eigenvalue weighted by Gasteiger charge is 1.99. The van der Waals surface area contributed by atoms with Gasteiger partial charge in [-0.25, -0.2) is 0 Å². The van der Waals surface area contributed by atoms with Gasteiger partial charge >= 0.3 is 0 Å². The van der Waals surface area contributed by atoms with Crippen molar-refractivity contribution in [1.29, 1.82) is 0 Å². The lowest BCUT2D eigenvalue weighted by Crippen LogP contribution is -2.18. The van der Waals surface area contributed by atoms with Gasteiger partial charge in [0.2, 0.25) is 0 Å². The van der Waals surface area contributed by atoms with Crippen LogP contribution in [0.25, 0.3) is 0 Å². The van der Waals surface area contributed by atoms with Gasteiger partial charge in [-0.2, -0.15) is 0 Å². The molecule has 0 heterocycles. The molecule has 0 bridgehead atoms. The molecule has 0 amide bonds. The summed E-state index contributed by atoms with van der Waals surface area (Å²) in [5.41, 5.74) is 5.38. The Balaban J connectivity index is 3.06. The summed E-state index contributed by atoms with van der Waals surface area (Å²) in [6, 6.07) is 0. The molecule has 0 spiro atoms. The smallest absolute Gasteiger partial charge is 0.0519 e. The van der Waals surface area contributed by atoms with E-state index in [1.807, 2.05) is 13.8 Å². The van der Waals surface area contributed by atoms with E-state index in [4.69, 9.17) is 10.5 Å². The highest BCUT2D eigenvalue weighted by atomic mass is 16.5. The van der Waals surface area contributed by atoms with E-state index in [1.165, 1.54) is 0 Å². The van der Waals surface area contributed by atoms with E-state index < -0.39 is 0 Å². The number of ether oxygens (including phenoxy) is 1. The van der Waals surface area contributed by atoms with E-state index in [2.05, 4.69) is 6.92 Å². The first kappa shape index (κ1) is 8.92. The van der Waals surface area contributed by atoms with E-state index in [-0.39, 0.29) is 0 Å². The Bertz CT molecular complexity index is 63.9. The first-order valence-corrected chi connectivity index (χ1v) is 3.48. The third-order valence-corrected chi connectivity index (χ3v) is 1.12. The number of hydrogen-bond acceptors (Lipinski definition) is 2. The fourth-order valence-corrected chi connectivity index (χ4v) is 0.425. The van der Waals surface area contributed by atoms with Gasteiger partial charge in [0.15, 0.2) is 0 Å². The molecule has 56 valence electrons. The van der Waals surface area contributed by atoms with Crippen molar-refractivity contribution in [2.75, 3.05) is 13.2 Å². The Morgan fingerprint density at radius 3 is 2.22 bits per heavy atom. The number of hydrogen-bond donors (Lipinski definition) is 1. The molecule has 0 aliphatic heterocycles. The second-order valence-electron chi connectivity index (χ2n) is 2.72. The summed E-state index contributed by atoms with van der Waals surface area (Å²) in [5, 5.41) is 0. The molecular formula is C7H17NO. The van der Waals surface area contributed by atoms with E-state index in [0.717, 1.165) is 6.61 Å². The second kappa shape index (κ2) is 4.77. The number of nitrogens with two attached hydrogens (primary N) is 1. The molecule has 2 N–H and O–H groups in total. The molecule has 0 aliphatic rings. The molecule has 0 radical (unpaired) electrons. The summed E-state index contributed by atoms with van der Waals surface area (Å²) < 4.78 is 5.31. The lowest BCUT2D eigenvalue weighted by Gasteiger charge is -2.11. The molecule has 0 fully saturated rings. The third kappa shape index (κ3) is 5.80. The van der Waals surface area contributed by atoms with E-state index >= 15 is 0 Å². The van der Waals surface area contributed by atoms with Gasteiger partial charge in [0, 0.05) is 0 Å². The van der Waals surface area contributed by atoms with Crippen molar-refractivity contribution in [3.63, 3.8) is 0 Å². The SMILES string of the molecule is CC(CN)COC(C)C. The minimum absolute atomic E-state index is 0.332. The van der Waals surface area contributed by atoms with E-state index in [0.29, 0.717) is 18.6 Å². The van der Waals surface area contributed by atoms with Crippen LogP contribution in [0.15, 0.2) is 0 Å². The maximum atomic E-state index is 5.38. The maximum Gasteiger partial charge on any atom is 0.0519 e. The molecule has 0 saturated carbocycles. The van der Waals surface area contributed by atoms with E-state index in [1.54, 1.807) is 0 Å². The third-order valence-electron chi connectivity index (χ3n) is 1.12. The lowest BCUT2D eigenvalue weighted by atomic mass is 10.2. The summed E-state index contributed by atoms with van der Waals surface area (Å²) in [6.45, 7) is 7.65. The molecular weight excluding hydrogens is 114 g/mol. The average molecular weight is 131 g/mol. The molecule has 2 nitrogen and oxygen atoms in total. The minimum Gasteiger partial charge on any atom is -0.378 e. The quantitative estimate of drug-likeness (QED) is 0.618. The van der Waals surface area contributed by atoms with Crippen LogP contribution >= 0.6 is 0 Å². The van der Waals surface area contributed by atoms with Crippen LogP contribution in [0, 0.1) is 5.92 Å². The predicted octanol–water partition coefficient (Wildman–Crippen LogP) is 1.01. The van der Waals surface area contributed by atoms with Crippen molar-refractivity contribution < 1.29 is 4.74 Å². The van der Waals surface area contributed by atoms with Crippen molar-refractivity contribution in [2.24, 2.45) is 11.7 Å². The Morgan fingerprint density at radius 1 is 1.33 bits per heavy atom. The van der Waals surface area contributed by atoms with Gasteiger partial charge in [0.25, 0.3) is 0 Å². The fourth-order valence-electron chi connectivity index (χ4n) is 0.425. The monoisotopic (exact) mass is 131 g/mol. The minimum atomic E-state index is 0.332. The Kier molecular flexibility index (Phi) is 4.72. The molecule has 0 aromatic heterocycles. The van der Waals surface area contributed by atoms with Gasteiger partial charge in [-0.15, -0.1) is 0 Å². The molecule has 2 heteroatoms. The van der Waals surface area contributed by atoms with Gasteiger partial charge in [-0.05, 0) is 26.3 Å². The first-order chi connectivity index (χ1) is 4.16. The van der Waals surface area contributed by atoms with Crippen LogP contribution in [0.2, 0.25) is 0 Å². The topological polar surface area (TPSA) is 35.2 Å². The summed E-state index contributed by atoms with van der Waals surface area (Å²) in [6.07, 6.45) is 0.332. The van der Waals surface area contributed by atoms with Crippen LogP contribution in [0.4, 0.5) is 0 Å². The highest BCUT2D eigenvalue weighted by molar-refractivity contribution is 4.50. The van der Waals surface area contributed by atoms with Gasteiger partial charge in [-0.3, -0.25) is 0 Å². The van der Waals surface area contributed by atoms with E-state index in [9.17, 15) is 0 Å². The molecule has 0 aromatic rings. The van der Waals surface area contributed by atoms with Crippen molar-refractivity contribution in [3.05, 3.63) is 0 Å². The van der Waals surface area contributed by atoms with Crippen LogP contribution in [0.3, 0.4) is 0 Å². The molecule has 0 rings (SSSR count). The van der Waals surface area contributed by atoms with Gasteiger partial charge in [0.05, 0.1) is 12.7 Å². The van der Waals surface area contributed by atoms with Crippen LogP contribution in [0.1, 0.15) is 20.8 Å². The molecule has 0 saturated heterocycles. The zero-order valence-corrected chi connectivity index (χ0v) is 6.55. The number of rotatable bonds is 4. The molecule has 0 aromatic carbocycles. The summed E-state index contributed by atoms with van der Waals surface area (Å²) in [4.78, 5) is 0. The highest BCUT2D eigenvalue weighted by Crippen LogP contribution is 1.95. The normalized spacial score (nSPS) is 14.3. The van der Waals surface area contributed by atoms with Crippen molar-refractivity contribution in [2.45, 2.75) is 26.9 Å². The fraction of sp³-hybridized carbons (Fsp3) is 1.00. The zero-order chi connectivity index (χ0) is 7.28. The molecule has 9 heavy (non-hydrogen) atoms. The predicted molar refractivity (Wildman–Crippen MR) is 39.3 cm³/mol. The standard InChI is InChI=1S/C7H17NO/c1-6(2)9-5-7(3)4-8/h6-7H,4-5,8H2,1-3H3. The molecule has 0 aliphatic carbocycles. The molecule has 1 unspecified atom stereocenters. The average Bonchev–Trinajstić information content (AvgIpc) is 1.83. The van der Waals surface area contributed by atoms with Crippen LogP contribution < -0.4 is 5.73 Å². The van der Waals surface area contributed by atoms with Crippen LogP contribution in [-0.2, 0) is 4.74 Å². The lowest BCUT2D eigenvalue weighted by molar-refractivity contribution is 0.0572. The van der Waals surface area contributed by atoms with Crippen molar-refractivity contribution in [3.8, 4) is 0 Å². The Labute approximate surface area is 57.4 Å². The first-order valence-electron chi connectivity index (χ1n) is 3.48. The summed E-state index contributed by atoms with van der Waals surface area (Å²) in [7, 11) is 0. The van der Waals surface area contributed by atoms with Gasteiger partial charge in [0.1, 0.15) is 0 Å². The maximum absolute atomic E-state index is 5.38. The van der Waals surface area contributed by atoms with Crippen molar-refractivity contribution in [1.82, 2.24) is 0 Å². The molecule has 1 atom stereocenters. The van der Waals surface area contributed by atoms with Crippen molar-refractivity contribution >= 4 is 0 Å². The van der Waals surface area contributed by atoms with Gasteiger partial charge < -0.3 is 10.5 Å². The Hall–Kier alpha value is -0.0800. The Morgan fingerprint density at radius 2 is 1.89 bits per heavy atom. The largest absolute Gasteiger partial charge is 0.378 e. The zero-order valence-electron chi connectivity index (χ0n) is 6.55. The van der Waals surface area contributed by atoms with Crippen LogP contribution in [-0.4, -0.2) is 19.3 Å². The summed E-state index contributed by atoms with van der Waals surface area (Å²) >= 11 is 0.